The predicted molar refractivity (Wildman–Crippen MR) is 87.2 cm³/mol. The largest absolute Gasteiger partial charge is 0.591 e. The van der Waals surface area contributed by atoms with Crippen molar-refractivity contribution in [2.75, 3.05) is 19.5 Å². The van der Waals surface area contributed by atoms with E-state index in [0.29, 0.717) is 23.5 Å². The van der Waals surface area contributed by atoms with Crippen molar-refractivity contribution in [3.05, 3.63) is 28.2 Å². The summed E-state index contributed by atoms with van der Waals surface area (Å²) in [5, 5.41) is 0. The van der Waals surface area contributed by atoms with Gasteiger partial charge in [-0.1, -0.05) is 27.3 Å². The Morgan fingerprint density at radius 3 is 2.71 bits per heavy atom. The van der Waals surface area contributed by atoms with Crippen LogP contribution in [-0.4, -0.2) is 35.7 Å². The quantitative estimate of drug-likeness (QED) is 0.417. The second-order valence-electron chi connectivity index (χ2n) is 4.03. The number of methoxy groups -OCH3 is 1. The molecular weight excluding hydrogens is 358 g/mol. The van der Waals surface area contributed by atoms with Gasteiger partial charge < -0.3 is 14.0 Å². The molecule has 0 amide bonds. The SMILES string of the molecule is CCC[S+]([O-])N=C(C(=O)OCC)c1cc(Br)ccc1OC. The molecule has 0 aromatic heterocycles. The van der Waals surface area contributed by atoms with Gasteiger partial charge in [-0.2, -0.15) is 0 Å². The van der Waals surface area contributed by atoms with Crippen LogP contribution in [0.3, 0.4) is 0 Å². The first-order valence-electron chi connectivity index (χ1n) is 6.51. The Kier molecular flexibility index (Phi) is 7.77. The van der Waals surface area contributed by atoms with Crippen LogP contribution in [0.4, 0.5) is 0 Å². The number of rotatable bonds is 7. The molecule has 0 saturated heterocycles. The number of carbonyl (C=O) groups excluding carboxylic acids is 1. The summed E-state index contributed by atoms with van der Waals surface area (Å²) >= 11 is 1.86. The third-order valence-electron chi connectivity index (χ3n) is 2.46. The van der Waals surface area contributed by atoms with Gasteiger partial charge in [0.05, 0.1) is 30.6 Å². The summed E-state index contributed by atoms with van der Waals surface area (Å²) in [5.41, 5.74) is 0.469. The maximum atomic E-state index is 12.1. The molecule has 0 radical (unpaired) electrons. The summed E-state index contributed by atoms with van der Waals surface area (Å²) in [6, 6.07) is 5.18. The van der Waals surface area contributed by atoms with Crippen molar-refractivity contribution >= 4 is 39.0 Å². The zero-order chi connectivity index (χ0) is 15.8. The zero-order valence-electron chi connectivity index (χ0n) is 12.2. The van der Waals surface area contributed by atoms with Gasteiger partial charge in [-0.3, -0.25) is 0 Å². The molecule has 0 bridgehead atoms. The molecule has 0 spiro atoms. The van der Waals surface area contributed by atoms with Crippen LogP contribution in [0.5, 0.6) is 5.75 Å². The average Bonchev–Trinajstić information content (AvgIpc) is 2.45. The minimum Gasteiger partial charge on any atom is -0.591 e. The summed E-state index contributed by atoms with van der Waals surface area (Å²) < 4.78 is 26.9. The first-order chi connectivity index (χ1) is 10.0. The van der Waals surface area contributed by atoms with Crippen molar-refractivity contribution in [1.29, 1.82) is 0 Å². The summed E-state index contributed by atoms with van der Waals surface area (Å²) in [6.07, 6.45) is 0.710. The number of esters is 1. The first kappa shape index (κ1) is 18.0. The van der Waals surface area contributed by atoms with E-state index in [2.05, 4.69) is 20.3 Å². The summed E-state index contributed by atoms with van der Waals surface area (Å²) in [7, 11) is 1.50. The maximum absolute atomic E-state index is 12.1. The van der Waals surface area contributed by atoms with E-state index in [1.165, 1.54) is 7.11 Å². The molecule has 1 rings (SSSR count). The van der Waals surface area contributed by atoms with Crippen molar-refractivity contribution < 1.29 is 18.8 Å². The van der Waals surface area contributed by atoms with E-state index >= 15 is 0 Å². The number of halogens is 1. The third-order valence-corrected chi connectivity index (χ3v) is 4.09. The maximum Gasteiger partial charge on any atom is 0.362 e. The van der Waals surface area contributed by atoms with Crippen LogP contribution in [0.2, 0.25) is 0 Å². The van der Waals surface area contributed by atoms with Gasteiger partial charge in [0.2, 0.25) is 5.71 Å². The fraction of sp³-hybridized carbons (Fsp3) is 0.429. The molecule has 21 heavy (non-hydrogen) atoms. The van der Waals surface area contributed by atoms with Gasteiger partial charge in [0.25, 0.3) is 0 Å². The Balaban J connectivity index is 3.29. The van der Waals surface area contributed by atoms with E-state index in [4.69, 9.17) is 9.47 Å². The van der Waals surface area contributed by atoms with Crippen molar-refractivity contribution in [3.8, 4) is 5.75 Å². The molecule has 0 fully saturated rings. The van der Waals surface area contributed by atoms with Crippen molar-refractivity contribution in [2.24, 2.45) is 4.40 Å². The lowest BCUT2D eigenvalue weighted by atomic mass is 10.1. The van der Waals surface area contributed by atoms with Gasteiger partial charge >= 0.3 is 5.97 Å². The lowest BCUT2D eigenvalue weighted by molar-refractivity contribution is -0.134. The highest BCUT2D eigenvalue weighted by molar-refractivity contribution is 9.10. The Morgan fingerprint density at radius 2 is 2.14 bits per heavy atom. The van der Waals surface area contributed by atoms with Crippen LogP contribution in [0.15, 0.2) is 27.1 Å². The van der Waals surface area contributed by atoms with Gasteiger partial charge in [0.1, 0.15) is 11.5 Å². The number of nitrogens with zero attached hydrogens (tertiary/aromatic N) is 1. The van der Waals surface area contributed by atoms with Gasteiger partial charge in [-0.25, -0.2) is 4.79 Å². The lowest BCUT2D eigenvalue weighted by Gasteiger charge is -2.11. The third kappa shape index (κ3) is 5.33. The second-order valence-corrected chi connectivity index (χ2v) is 6.18. The topological polar surface area (TPSA) is 71.0 Å². The number of hydrogen-bond acceptors (Lipinski definition) is 5. The van der Waals surface area contributed by atoms with Gasteiger partial charge in [0.15, 0.2) is 0 Å². The Bertz CT molecular complexity index is 522. The van der Waals surface area contributed by atoms with Crippen LogP contribution in [0, 0.1) is 0 Å². The smallest absolute Gasteiger partial charge is 0.362 e. The number of ether oxygens (including phenoxy) is 2. The van der Waals surface area contributed by atoms with Crippen LogP contribution < -0.4 is 4.74 Å². The summed E-state index contributed by atoms with van der Waals surface area (Å²) in [4.78, 5) is 12.1. The van der Waals surface area contributed by atoms with E-state index in [0.717, 1.165) is 4.47 Å². The zero-order valence-corrected chi connectivity index (χ0v) is 14.6. The Morgan fingerprint density at radius 1 is 1.43 bits per heavy atom. The Hall–Kier alpha value is -1.05. The normalized spacial score (nSPS) is 12.9. The van der Waals surface area contributed by atoms with Crippen molar-refractivity contribution in [3.63, 3.8) is 0 Å². The van der Waals surface area contributed by atoms with Crippen LogP contribution >= 0.6 is 15.9 Å². The molecule has 0 heterocycles. The molecule has 1 unspecified atom stereocenters. The predicted octanol–water partition coefficient (Wildman–Crippen LogP) is 2.88. The fourth-order valence-electron chi connectivity index (χ4n) is 1.58. The highest BCUT2D eigenvalue weighted by Crippen LogP contribution is 2.24. The number of benzene rings is 1. The molecule has 5 nitrogen and oxygen atoms in total. The minimum absolute atomic E-state index is 0.0155. The number of hydrogen-bond donors (Lipinski definition) is 0. The van der Waals surface area contributed by atoms with Gasteiger partial charge in [0, 0.05) is 4.47 Å². The van der Waals surface area contributed by atoms with Crippen LogP contribution in [0.25, 0.3) is 0 Å². The summed E-state index contributed by atoms with van der Waals surface area (Å²) in [5.74, 6) is 0.246. The molecule has 0 aliphatic heterocycles. The number of carbonyl (C=O) groups is 1. The van der Waals surface area contributed by atoms with Gasteiger partial charge in [-0.05, 0) is 31.5 Å². The minimum atomic E-state index is -1.48. The monoisotopic (exact) mass is 375 g/mol. The average molecular weight is 376 g/mol. The summed E-state index contributed by atoms with van der Waals surface area (Å²) in [6.45, 7) is 3.82. The Labute approximate surface area is 136 Å². The van der Waals surface area contributed by atoms with Gasteiger partial charge in [-0.15, -0.1) is 0 Å². The highest BCUT2D eigenvalue weighted by Gasteiger charge is 2.23. The molecule has 0 aliphatic rings. The molecule has 0 saturated carbocycles. The molecule has 1 aromatic carbocycles. The standard InChI is InChI=1S/C14H18BrNO4S/c1-4-8-21(18)16-13(14(17)20-5-2)11-9-10(15)6-7-12(11)19-3/h6-7,9H,4-5,8H2,1-3H3. The van der Waals surface area contributed by atoms with E-state index in [1.54, 1.807) is 25.1 Å². The van der Waals surface area contributed by atoms with Crippen molar-refractivity contribution in [2.45, 2.75) is 20.3 Å². The highest BCUT2D eigenvalue weighted by atomic mass is 79.9. The lowest BCUT2D eigenvalue weighted by Crippen LogP contribution is -2.22. The molecule has 7 heteroatoms. The molecular formula is C14H18BrNO4S. The van der Waals surface area contributed by atoms with E-state index in [9.17, 15) is 9.35 Å². The van der Waals surface area contributed by atoms with E-state index in [1.807, 2.05) is 6.92 Å². The van der Waals surface area contributed by atoms with E-state index < -0.39 is 17.3 Å². The fourth-order valence-corrected chi connectivity index (χ4v) is 2.76. The molecule has 0 aliphatic carbocycles. The van der Waals surface area contributed by atoms with E-state index in [-0.39, 0.29) is 12.3 Å². The van der Waals surface area contributed by atoms with Crippen LogP contribution in [-0.2, 0) is 20.9 Å². The first-order valence-corrected chi connectivity index (χ1v) is 8.58. The second kappa shape index (κ2) is 9.07. The molecule has 1 atom stereocenters. The molecule has 1 aromatic rings. The molecule has 116 valence electrons. The van der Waals surface area contributed by atoms with Crippen LogP contribution in [0.1, 0.15) is 25.8 Å². The molecule has 0 N–H and O–H groups in total. The van der Waals surface area contributed by atoms with Crippen molar-refractivity contribution in [1.82, 2.24) is 0 Å².